The molecule has 24 heavy (non-hydrogen) atoms. The highest BCUT2D eigenvalue weighted by atomic mass is 79.9. The molecule has 0 saturated heterocycles. The van der Waals surface area contributed by atoms with Crippen LogP contribution in [0.2, 0.25) is 10.0 Å². The summed E-state index contributed by atoms with van der Waals surface area (Å²) in [5.41, 5.74) is 5.31. The summed E-state index contributed by atoms with van der Waals surface area (Å²) in [6.07, 6.45) is 5.49. The van der Waals surface area contributed by atoms with Crippen LogP contribution in [0.5, 0.6) is 0 Å². The van der Waals surface area contributed by atoms with Crippen molar-refractivity contribution >= 4 is 56.6 Å². The van der Waals surface area contributed by atoms with Gasteiger partial charge in [0.15, 0.2) is 11.0 Å². The number of para-hydroxylation sites is 1. The van der Waals surface area contributed by atoms with Gasteiger partial charge in [-0.3, -0.25) is 5.43 Å². The van der Waals surface area contributed by atoms with Gasteiger partial charge in [0, 0.05) is 6.20 Å². The summed E-state index contributed by atoms with van der Waals surface area (Å²) in [5, 5.41) is 1.70. The van der Waals surface area contributed by atoms with Crippen LogP contribution in [0.3, 0.4) is 0 Å². The van der Waals surface area contributed by atoms with Gasteiger partial charge in [0.1, 0.15) is 5.69 Å². The highest BCUT2D eigenvalue weighted by molar-refractivity contribution is 9.10. The Hall–Kier alpha value is -1.28. The molecule has 3 aromatic rings. The summed E-state index contributed by atoms with van der Waals surface area (Å²) in [5.74, 6) is 0.632. The first kappa shape index (κ1) is 17.5. The first-order valence-electron chi connectivity index (χ1n) is 6.83. The summed E-state index contributed by atoms with van der Waals surface area (Å²) < 4.78 is 2.50. The Balaban J connectivity index is 2.09. The van der Waals surface area contributed by atoms with Crippen molar-refractivity contribution in [3.8, 4) is 11.5 Å². The average molecular weight is 445 g/mol. The maximum absolute atomic E-state index is 6.24. The maximum Gasteiger partial charge on any atom is 0.187 e. The van der Waals surface area contributed by atoms with Crippen molar-refractivity contribution < 1.29 is 0 Å². The molecule has 0 unspecified atom stereocenters. The quantitative estimate of drug-likeness (QED) is 0.436. The second kappa shape index (κ2) is 7.31. The molecule has 5 nitrogen and oxygen atoms in total. The van der Waals surface area contributed by atoms with E-state index in [2.05, 4.69) is 36.3 Å². The normalized spacial score (nSPS) is 10.9. The predicted octanol–water partition coefficient (Wildman–Crippen LogP) is 5.31. The lowest BCUT2D eigenvalue weighted by Gasteiger charge is -2.14. The molecule has 0 radical (unpaired) electrons. The number of rotatable bonds is 4. The Kier molecular flexibility index (Phi) is 5.34. The van der Waals surface area contributed by atoms with Crippen molar-refractivity contribution in [3.05, 3.63) is 50.8 Å². The van der Waals surface area contributed by atoms with E-state index in [1.54, 1.807) is 29.1 Å². The number of aromatic nitrogens is 4. The van der Waals surface area contributed by atoms with E-state index in [0.29, 0.717) is 32.4 Å². The molecule has 0 aliphatic heterocycles. The van der Waals surface area contributed by atoms with Crippen molar-refractivity contribution in [2.75, 3.05) is 11.7 Å². The zero-order valence-corrected chi connectivity index (χ0v) is 16.6. The summed E-state index contributed by atoms with van der Waals surface area (Å²) in [4.78, 5) is 13.3. The van der Waals surface area contributed by atoms with E-state index in [4.69, 9.17) is 23.2 Å². The monoisotopic (exact) mass is 443 g/mol. The summed E-state index contributed by atoms with van der Waals surface area (Å²) in [6, 6.07) is 5.33. The van der Waals surface area contributed by atoms with Gasteiger partial charge in [-0.25, -0.2) is 19.6 Å². The zero-order valence-electron chi connectivity index (χ0n) is 12.7. The number of anilines is 1. The number of hydrogen-bond acceptors (Lipinski definition) is 5. The maximum atomic E-state index is 6.24. The topological polar surface area (TPSA) is 55.6 Å². The van der Waals surface area contributed by atoms with Crippen LogP contribution in [0.25, 0.3) is 11.5 Å². The second-order valence-corrected chi connectivity index (χ2v) is 7.28. The van der Waals surface area contributed by atoms with Crippen LogP contribution in [-0.2, 0) is 0 Å². The van der Waals surface area contributed by atoms with Crippen LogP contribution < -0.4 is 5.43 Å². The van der Waals surface area contributed by atoms with Gasteiger partial charge < -0.3 is 0 Å². The number of thioether (sulfide) groups is 1. The van der Waals surface area contributed by atoms with Crippen LogP contribution in [0, 0.1) is 6.92 Å². The van der Waals surface area contributed by atoms with Gasteiger partial charge in [-0.2, -0.15) is 0 Å². The molecule has 0 aliphatic carbocycles. The van der Waals surface area contributed by atoms with Crippen molar-refractivity contribution in [2.45, 2.75) is 12.1 Å². The molecule has 9 heteroatoms. The molecular weight excluding hydrogens is 433 g/mol. The molecule has 0 saturated carbocycles. The van der Waals surface area contributed by atoms with E-state index < -0.39 is 0 Å². The van der Waals surface area contributed by atoms with E-state index in [-0.39, 0.29) is 0 Å². The highest BCUT2D eigenvalue weighted by Gasteiger charge is 2.16. The van der Waals surface area contributed by atoms with E-state index in [9.17, 15) is 0 Å². The lowest BCUT2D eigenvalue weighted by molar-refractivity contribution is 0.916. The molecule has 0 spiro atoms. The third kappa shape index (κ3) is 3.54. The fourth-order valence-electron chi connectivity index (χ4n) is 2.08. The standard InChI is InChI=1S/C15H12BrCl2N5S/c1-8-7-23(22-13-10(17)4-3-5-11(13)18)14(20-8)12-9(16)6-19-15(21-12)24-2/h3-7,22H,1-2H3. The summed E-state index contributed by atoms with van der Waals surface area (Å²) in [6.45, 7) is 1.90. The van der Waals surface area contributed by atoms with E-state index in [1.165, 1.54) is 11.8 Å². The number of nitrogens with one attached hydrogen (secondary N) is 1. The van der Waals surface area contributed by atoms with Gasteiger partial charge in [-0.1, -0.05) is 41.0 Å². The van der Waals surface area contributed by atoms with E-state index >= 15 is 0 Å². The second-order valence-electron chi connectivity index (χ2n) is 4.84. The predicted molar refractivity (Wildman–Crippen MR) is 103 cm³/mol. The molecule has 3 rings (SSSR count). The minimum atomic E-state index is 0.520. The van der Waals surface area contributed by atoms with E-state index in [0.717, 1.165) is 10.2 Å². The minimum absolute atomic E-state index is 0.520. The molecular formula is C15H12BrCl2N5S. The fraction of sp³-hybridized carbons (Fsp3) is 0.133. The van der Waals surface area contributed by atoms with Crippen LogP contribution >= 0.6 is 50.9 Å². The van der Waals surface area contributed by atoms with Crippen LogP contribution in [-0.4, -0.2) is 25.9 Å². The molecule has 124 valence electrons. The minimum Gasteiger partial charge on any atom is -0.290 e. The van der Waals surface area contributed by atoms with Gasteiger partial charge in [0.05, 0.1) is 32.1 Å². The Labute approximate surface area is 161 Å². The van der Waals surface area contributed by atoms with Crippen molar-refractivity contribution in [1.29, 1.82) is 0 Å². The molecule has 0 amide bonds. The number of imidazole rings is 1. The molecule has 2 aromatic heterocycles. The number of aryl methyl sites for hydroxylation is 1. The fourth-order valence-corrected chi connectivity index (χ4v) is 3.27. The molecule has 0 bridgehead atoms. The lowest BCUT2D eigenvalue weighted by atomic mass is 10.3. The number of halogens is 3. The molecule has 0 aliphatic rings. The Bertz CT molecular complexity index is 879. The smallest absolute Gasteiger partial charge is 0.187 e. The third-order valence-electron chi connectivity index (χ3n) is 3.14. The van der Waals surface area contributed by atoms with Crippen molar-refractivity contribution in [2.24, 2.45) is 0 Å². The van der Waals surface area contributed by atoms with Gasteiger partial charge >= 0.3 is 0 Å². The first-order valence-corrected chi connectivity index (χ1v) is 9.61. The SMILES string of the molecule is CSc1ncc(Br)c(-c2nc(C)cn2Nc2c(Cl)cccc2Cl)n1. The average Bonchev–Trinajstić information content (AvgIpc) is 2.92. The number of benzene rings is 1. The van der Waals surface area contributed by atoms with Gasteiger partial charge in [-0.15, -0.1) is 0 Å². The Morgan fingerprint density at radius 3 is 2.58 bits per heavy atom. The first-order chi connectivity index (χ1) is 11.5. The summed E-state index contributed by atoms with van der Waals surface area (Å²) >= 11 is 17.4. The number of nitrogens with zero attached hydrogens (tertiary/aromatic N) is 4. The lowest BCUT2D eigenvalue weighted by Crippen LogP contribution is -2.11. The van der Waals surface area contributed by atoms with Crippen LogP contribution in [0.4, 0.5) is 5.69 Å². The molecule has 1 N–H and O–H groups in total. The summed E-state index contributed by atoms with van der Waals surface area (Å²) in [7, 11) is 0. The van der Waals surface area contributed by atoms with Crippen LogP contribution in [0.15, 0.2) is 40.2 Å². The van der Waals surface area contributed by atoms with Gasteiger partial charge in [-0.05, 0) is 41.2 Å². The molecule has 1 aromatic carbocycles. The molecule has 0 fully saturated rings. The van der Waals surface area contributed by atoms with Gasteiger partial charge in [0.2, 0.25) is 0 Å². The van der Waals surface area contributed by atoms with E-state index in [1.807, 2.05) is 19.4 Å². The van der Waals surface area contributed by atoms with Crippen molar-refractivity contribution in [1.82, 2.24) is 19.6 Å². The van der Waals surface area contributed by atoms with Crippen molar-refractivity contribution in [3.63, 3.8) is 0 Å². The largest absolute Gasteiger partial charge is 0.290 e. The van der Waals surface area contributed by atoms with Crippen LogP contribution in [0.1, 0.15) is 5.69 Å². The third-order valence-corrected chi connectivity index (χ3v) is 4.91. The molecule has 0 atom stereocenters. The number of hydrogen-bond donors (Lipinski definition) is 1. The Morgan fingerprint density at radius 1 is 1.21 bits per heavy atom. The highest BCUT2D eigenvalue weighted by Crippen LogP contribution is 2.32. The zero-order chi connectivity index (χ0) is 17.3. The van der Waals surface area contributed by atoms with Gasteiger partial charge in [0.25, 0.3) is 0 Å². The Morgan fingerprint density at radius 2 is 1.92 bits per heavy atom. The molecule has 2 heterocycles.